The zero-order chi connectivity index (χ0) is 18.0. The maximum absolute atomic E-state index is 13.8. The van der Waals surface area contributed by atoms with Crippen LogP contribution in [0.1, 0.15) is 33.6 Å². The van der Waals surface area contributed by atoms with Crippen LogP contribution in [0.4, 0.5) is 13.2 Å². The van der Waals surface area contributed by atoms with Crippen molar-refractivity contribution in [3.05, 3.63) is 71.0 Å². The Morgan fingerprint density at radius 1 is 0.880 bits per heavy atom. The standard InChI is InChI=1S/C19H16F3NO2/c20-15-7-6-14(16(21)17(15)22)19(25)23-10-8-13(9-11-23)18(24)12-4-2-1-3-5-12/h1-7,13H,8-11H2. The van der Waals surface area contributed by atoms with Crippen LogP contribution in [-0.2, 0) is 0 Å². The van der Waals surface area contributed by atoms with Crippen molar-refractivity contribution in [1.29, 1.82) is 0 Å². The second kappa shape index (κ2) is 7.09. The van der Waals surface area contributed by atoms with Gasteiger partial charge < -0.3 is 4.90 Å². The molecule has 0 aromatic heterocycles. The molecule has 0 aliphatic carbocycles. The Bertz CT molecular complexity index is 800. The lowest BCUT2D eigenvalue weighted by atomic mass is 9.88. The highest BCUT2D eigenvalue weighted by Crippen LogP contribution is 2.24. The molecule has 0 N–H and O–H groups in total. The first-order chi connectivity index (χ1) is 12.0. The molecule has 2 aromatic rings. The molecule has 130 valence electrons. The predicted molar refractivity (Wildman–Crippen MR) is 85.7 cm³/mol. The molecule has 3 rings (SSSR count). The molecular weight excluding hydrogens is 331 g/mol. The van der Waals surface area contributed by atoms with Crippen LogP contribution in [0.25, 0.3) is 0 Å². The fourth-order valence-corrected chi connectivity index (χ4v) is 3.04. The Morgan fingerprint density at radius 2 is 1.52 bits per heavy atom. The van der Waals surface area contributed by atoms with Gasteiger partial charge in [0, 0.05) is 24.6 Å². The zero-order valence-electron chi connectivity index (χ0n) is 13.3. The van der Waals surface area contributed by atoms with Gasteiger partial charge in [-0.25, -0.2) is 13.2 Å². The van der Waals surface area contributed by atoms with E-state index in [-0.39, 0.29) is 24.8 Å². The fourth-order valence-electron chi connectivity index (χ4n) is 3.04. The van der Waals surface area contributed by atoms with E-state index in [9.17, 15) is 22.8 Å². The van der Waals surface area contributed by atoms with Gasteiger partial charge in [-0.15, -0.1) is 0 Å². The average molecular weight is 347 g/mol. The van der Waals surface area contributed by atoms with Gasteiger partial charge in [-0.2, -0.15) is 0 Å². The highest BCUT2D eigenvalue weighted by atomic mass is 19.2. The summed E-state index contributed by atoms with van der Waals surface area (Å²) in [5.74, 6) is -5.34. The van der Waals surface area contributed by atoms with Crippen molar-refractivity contribution >= 4 is 11.7 Å². The third-order valence-electron chi connectivity index (χ3n) is 4.48. The molecule has 1 heterocycles. The number of ketones is 1. The number of Topliss-reactive ketones (excluding diaryl/α,β-unsaturated/α-hetero) is 1. The van der Waals surface area contributed by atoms with Crippen molar-refractivity contribution in [3.8, 4) is 0 Å². The number of piperidine rings is 1. The number of nitrogens with zero attached hydrogens (tertiary/aromatic N) is 1. The topological polar surface area (TPSA) is 37.4 Å². The summed E-state index contributed by atoms with van der Waals surface area (Å²) in [5, 5.41) is 0. The second-order valence-corrected chi connectivity index (χ2v) is 6.02. The molecule has 0 radical (unpaired) electrons. The quantitative estimate of drug-likeness (QED) is 0.625. The summed E-state index contributed by atoms with van der Waals surface area (Å²) in [6, 6.07) is 10.6. The smallest absolute Gasteiger partial charge is 0.256 e. The van der Waals surface area contributed by atoms with Crippen molar-refractivity contribution in [2.75, 3.05) is 13.1 Å². The Labute approximate surface area is 143 Å². The molecule has 1 aliphatic heterocycles. The number of amides is 1. The number of hydrogen-bond donors (Lipinski definition) is 0. The summed E-state index contributed by atoms with van der Waals surface area (Å²) in [6.45, 7) is 0.529. The van der Waals surface area contributed by atoms with Crippen LogP contribution in [0.15, 0.2) is 42.5 Å². The number of halogens is 3. The van der Waals surface area contributed by atoms with Crippen LogP contribution in [0, 0.1) is 23.4 Å². The first kappa shape index (κ1) is 17.2. The van der Waals surface area contributed by atoms with Gasteiger partial charge in [-0.3, -0.25) is 9.59 Å². The SMILES string of the molecule is O=C(c1ccccc1)C1CCN(C(=O)c2ccc(F)c(F)c2F)CC1. The minimum atomic E-state index is -1.65. The Balaban J connectivity index is 1.67. The summed E-state index contributed by atoms with van der Waals surface area (Å²) in [7, 11) is 0. The lowest BCUT2D eigenvalue weighted by Crippen LogP contribution is -2.40. The highest BCUT2D eigenvalue weighted by Gasteiger charge is 2.30. The van der Waals surface area contributed by atoms with E-state index in [1.165, 1.54) is 4.90 Å². The molecule has 1 amide bonds. The molecule has 3 nitrogen and oxygen atoms in total. The van der Waals surface area contributed by atoms with Crippen molar-refractivity contribution in [2.24, 2.45) is 5.92 Å². The number of hydrogen-bond acceptors (Lipinski definition) is 2. The molecule has 2 aromatic carbocycles. The highest BCUT2D eigenvalue weighted by molar-refractivity contribution is 5.98. The Morgan fingerprint density at radius 3 is 2.16 bits per heavy atom. The maximum atomic E-state index is 13.8. The van der Waals surface area contributed by atoms with Crippen LogP contribution < -0.4 is 0 Å². The zero-order valence-corrected chi connectivity index (χ0v) is 13.3. The van der Waals surface area contributed by atoms with Gasteiger partial charge in [0.05, 0.1) is 5.56 Å². The van der Waals surface area contributed by atoms with Crippen LogP contribution in [0.3, 0.4) is 0 Å². The van der Waals surface area contributed by atoms with Crippen molar-refractivity contribution < 1.29 is 22.8 Å². The summed E-state index contributed by atoms with van der Waals surface area (Å²) in [4.78, 5) is 26.1. The van der Waals surface area contributed by atoms with Gasteiger partial charge >= 0.3 is 0 Å². The minimum absolute atomic E-state index is 0.0201. The average Bonchev–Trinajstić information content (AvgIpc) is 2.66. The largest absolute Gasteiger partial charge is 0.339 e. The van der Waals surface area contributed by atoms with E-state index < -0.39 is 28.9 Å². The maximum Gasteiger partial charge on any atom is 0.256 e. The molecule has 0 bridgehead atoms. The molecule has 0 saturated carbocycles. The molecule has 1 aliphatic rings. The first-order valence-electron chi connectivity index (χ1n) is 8.01. The van der Waals surface area contributed by atoms with Gasteiger partial charge in [0.1, 0.15) is 0 Å². The number of carbonyl (C=O) groups excluding carboxylic acids is 2. The third kappa shape index (κ3) is 3.43. The van der Waals surface area contributed by atoms with Crippen LogP contribution in [0.2, 0.25) is 0 Å². The van der Waals surface area contributed by atoms with Gasteiger partial charge in [0.15, 0.2) is 23.2 Å². The lowest BCUT2D eigenvalue weighted by Gasteiger charge is -2.31. The predicted octanol–water partition coefficient (Wildman–Crippen LogP) is 3.84. The number of benzene rings is 2. The molecule has 0 atom stereocenters. The van der Waals surface area contributed by atoms with Crippen LogP contribution in [-0.4, -0.2) is 29.7 Å². The van der Waals surface area contributed by atoms with Crippen molar-refractivity contribution in [2.45, 2.75) is 12.8 Å². The van der Waals surface area contributed by atoms with Crippen molar-refractivity contribution in [1.82, 2.24) is 4.90 Å². The summed E-state index contributed by atoms with van der Waals surface area (Å²) in [5.41, 5.74) is 0.130. The Hall–Kier alpha value is -2.63. The normalized spacial score (nSPS) is 15.2. The van der Waals surface area contributed by atoms with E-state index in [0.717, 1.165) is 12.1 Å². The Kier molecular flexibility index (Phi) is 4.88. The molecule has 25 heavy (non-hydrogen) atoms. The van der Waals surface area contributed by atoms with Gasteiger partial charge in [-0.1, -0.05) is 30.3 Å². The van der Waals surface area contributed by atoms with E-state index >= 15 is 0 Å². The van der Waals surface area contributed by atoms with Crippen molar-refractivity contribution in [3.63, 3.8) is 0 Å². The minimum Gasteiger partial charge on any atom is -0.339 e. The van der Waals surface area contributed by atoms with E-state index in [4.69, 9.17) is 0 Å². The van der Waals surface area contributed by atoms with E-state index in [1.807, 2.05) is 6.07 Å². The molecule has 0 unspecified atom stereocenters. The second-order valence-electron chi connectivity index (χ2n) is 6.02. The van der Waals surface area contributed by atoms with Gasteiger partial charge in [0.25, 0.3) is 5.91 Å². The first-order valence-corrected chi connectivity index (χ1v) is 8.01. The van der Waals surface area contributed by atoms with E-state index in [2.05, 4.69) is 0 Å². The molecule has 0 spiro atoms. The lowest BCUT2D eigenvalue weighted by molar-refractivity contribution is 0.0645. The number of likely N-dealkylation sites (tertiary alicyclic amines) is 1. The molecule has 1 fully saturated rings. The molecular formula is C19H16F3NO2. The molecule has 1 saturated heterocycles. The summed E-state index contributed by atoms with van der Waals surface area (Å²) < 4.78 is 40.1. The monoisotopic (exact) mass is 347 g/mol. The van der Waals surface area contributed by atoms with Gasteiger partial charge in [0.2, 0.25) is 0 Å². The van der Waals surface area contributed by atoms with Crippen LogP contribution >= 0.6 is 0 Å². The summed E-state index contributed by atoms with van der Waals surface area (Å²) >= 11 is 0. The van der Waals surface area contributed by atoms with E-state index in [1.54, 1.807) is 24.3 Å². The number of rotatable bonds is 3. The number of carbonyl (C=O) groups is 2. The fraction of sp³-hybridized carbons (Fsp3) is 0.263. The van der Waals surface area contributed by atoms with Gasteiger partial charge in [-0.05, 0) is 25.0 Å². The summed E-state index contributed by atoms with van der Waals surface area (Å²) in [6.07, 6.45) is 0.898. The van der Waals surface area contributed by atoms with Crippen LogP contribution in [0.5, 0.6) is 0 Å². The van der Waals surface area contributed by atoms with E-state index in [0.29, 0.717) is 18.4 Å². The molecule has 6 heteroatoms. The third-order valence-corrected chi connectivity index (χ3v) is 4.48.